The van der Waals surface area contributed by atoms with Gasteiger partial charge in [0, 0.05) is 32.1 Å². The number of halogens is 1. The number of piperidine rings is 1. The number of carbonyl (C=O) groups is 3. The molecule has 1 fully saturated rings. The van der Waals surface area contributed by atoms with Crippen LogP contribution in [0.3, 0.4) is 0 Å². The van der Waals surface area contributed by atoms with Gasteiger partial charge in [-0.2, -0.15) is 0 Å². The Morgan fingerprint density at radius 3 is 2.35 bits per heavy atom. The summed E-state index contributed by atoms with van der Waals surface area (Å²) in [6.07, 6.45) is 4.00. The fourth-order valence-electron chi connectivity index (χ4n) is 2.84. The van der Waals surface area contributed by atoms with Gasteiger partial charge in [-0.25, -0.2) is 14.6 Å². The van der Waals surface area contributed by atoms with Crippen molar-refractivity contribution in [3.8, 4) is 0 Å². The number of amides is 1. The van der Waals surface area contributed by atoms with Crippen LogP contribution in [0.25, 0.3) is 0 Å². The molecule has 1 aromatic heterocycles. The molecule has 0 aromatic carbocycles. The zero-order chi connectivity index (χ0) is 23.4. The van der Waals surface area contributed by atoms with Crippen molar-refractivity contribution in [3.05, 3.63) is 29.0 Å². The van der Waals surface area contributed by atoms with E-state index in [1.165, 1.54) is 0 Å². The maximum atomic E-state index is 12.6. The molecule has 1 aliphatic rings. The van der Waals surface area contributed by atoms with Gasteiger partial charge in [0.1, 0.15) is 11.8 Å². The molecule has 11 heteroatoms. The van der Waals surface area contributed by atoms with Crippen molar-refractivity contribution in [2.75, 3.05) is 20.1 Å². The smallest absolute Gasteiger partial charge is 0.414 e. The topological polar surface area (TPSA) is 141 Å². The van der Waals surface area contributed by atoms with Crippen LogP contribution in [0.1, 0.15) is 38.7 Å². The molecule has 3 N–H and O–H groups in total. The Hall–Kier alpha value is -2.72. The lowest BCUT2D eigenvalue weighted by atomic mass is 10.0. The summed E-state index contributed by atoms with van der Waals surface area (Å²) >= 11 is 5.84. The minimum Gasteiger partial charge on any atom is -0.473 e. The summed E-state index contributed by atoms with van der Waals surface area (Å²) in [5.41, 5.74) is 1.93. The number of likely N-dealkylation sites (tertiary alicyclic amines) is 1. The van der Waals surface area contributed by atoms with Crippen LogP contribution in [0, 0.1) is 5.92 Å². The van der Waals surface area contributed by atoms with E-state index < -0.39 is 11.9 Å². The average Bonchev–Trinajstić information content (AvgIpc) is 2.72. The van der Waals surface area contributed by atoms with Gasteiger partial charge in [-0.1, -0.05) is 30.6 Å². The third-order valence-corrected chi connectivity index (χ3v) is 4.61. The Morgan fingerprint density at radius 1 is 1.26 bits per heavy atom. The number of hydrogen-bond donors (Lipinski definition) is 3. The van der Waals surface area contributed by atoms with Crippen LogP contribution in [0.5, 0.6) is 0 Å². The van der Waals surface area contributed by atoms with E-state index in [9.17, 15) is 4.79 Å². The highest BCUT2D eigenvalue weighted by Crippen LogP contribution is 2.14. The Labute approximate surface area is 186 Å². The van der Waals surface area contributed by atoms with E-state index >= 15 is 0 Å². The predicted octanol–water partition coefficient (Wildman–Crippen LogP) is 2.02. The summed E-state index contributed by atoms with van der Waals surface area (Å²) in [5, 5.41) is 22.6. The fourth-order valence-corrected chi connectivity index (χ4v) is 3.04. The molecule has 1 unspecified atom stereocenters. The fraction of sp³-hybridized carbons (Fsp3) is 0.550. The first kappa shape index (κ1) is 26.3. The summed E-state index contributed by atoms with van der Waals surface area (Å²) < 4.78 is 0. The second-order valence-electron chi connectivity index (χ2n) is 7.32. The summed E-state index contributed by atoms with van der Waals surface area (Å²) in [5.74, 6) is -2.98. The quantitative estimate of drug-likeness (QED) is 0.321. The molecule has 1 amide bonds. The Morgan fingerprint density at radius 2 is 1.87 bits per heavy atom. The normalized spacial score (nSPS) is 14.4. The molecule has 1 atom stereocenters. The molecule has 1 saturated heterocycles. The second kappa shape index (κ2) is 13.6. The van der Waals surface area contributed by atoms with Gasteiger partial charge in [-0.3, -0.25) is 4.79 Å². The second-order valence-corrected chi connectivity index (χ2v) is 7.71. The van der Waals surface area contributed by atoms with E-state index in [1.807, 2.05) is 18.0 Å². The Kier molecular flexibility index (Phi) is 11.5. The molecular weight excluding hydrogens is 428 g/mol. The number of carboxylic acids is 2. The zero-order valence-electron chi connectivity index (χ0n) is 17.9. The first-order chi connectivity index (χ1) is 14.6. The van der Waals surface area contributed by atoms with Crippen molar-refractivity contribution in [3.63, 3.8) is 0 Å². The van der Waals surface area contributed by atoms with E-state index in [4.69, 9.17) is 36.2 Å². The highest BCUT2D eigenvalue weighted by atomic mass is 35.5. The number of pyridine rings is 1. The van der Waals surface area contributed by atoms with Crippen molar-refractivity contribution in [2.24, 2.45) is 11.1 Å². The van der Waals surface area contributed by atoms with Crippen LogP contribution in [-0.4, -0.2) is 69.8 Å². The van der Waals surface area contributed by atoms with E-state index in [0.29, 0.717) is 30.8 Å². The number of nitrogens with one attached hydrogen (secondary N) is 1. The molecular formula is C20H29ClN4O6. The minimum atomic E-state index is -1.82. The first-order valence-electron chi connectivity index (χ1n) is 9.84. The summed E-state index contributed by atoms with van der Waals surface area (Å²) in [6.45, 7) is 6.01. The number of carbonyl (C=O) groups excluding carboxylic acids is 1. The van der Waals surface area contributed by atoms with Gasteiger partial charge < -0.3 is 25.3 Å². The van der Waals surface area contributed by atoms with Gasteiger partial charge in [0.25, 0.3) is 0 Å². The van der Waals surface area contributed by atoms with Crippen LogP contribution in [0.2, 0.25) is 5.15 Å². The molecule has 0 radical (unpaired) electrons. The number of hydrogen-bond acceptors (Lipinski definition) is 7. The average molecular weight is 457 g/mol. The highest BCUT2D eigenvalue weighted by Gasteiger charge is 2.26. The molecule has 172 valence electrons. The van der Waals surface area contributed by atoms with Gasteiger partial charge in [0.15, 0.2) is 0 Å². The number of aliphatic carboxylic acids is 2. The molecule has 0 spiro atoms. The number of rotatable bonds is 7. The molecule has 0 saturated carbocycles. The number of carboxylic acid groups (broad SMARTS) is 2. The van der Waals surface area contributed by atoms with Crippen molar-refractivity contribution in [1.82, 2.24) is 15.2 Å². The van der Waals surface area contributed by atoms with Crippen LogP contribution in [-0.2, 0) is 25.8 Å². The molecule has 1 aromatic rings. The largest absolute Gasteiger partial charge is 0.473 e. The molecule has 31 heavy (non-hydrogen) atoms. The van der Waals surface area contributed by atoms with E-state index in [-0.39, 0.29) is 11.9 Å². The lowest BCUT2D eigenvalue weighted by Gasteiger charge is -2.31. The number of nitrogens with zero attached hydrogens (tertiary/aromatic N) is 3. The molecule has 2 heterocycles. The zero-order valence-corrected chi connectivity index (χ0v) is 18.6. The number of oxime groups is 1. The summed E-state index contributed by atoms with van der Waals surface area (Å²) in [6, 6.07) is 3.50. The third kappa shape index (κ3) is 10.2. The number of likely N-dealkylation sites (N-methyl/N-ethyl adjacent to an activating group) is 1. The minimum absolute atomic E-state index is 0.105. The van der Waals surface area contributed by atoms with Crippen LogP contribution in [0.4, 0.5) is 0 Å². The lowest BCUT2D eigenvalue weighted by molar-refractivity contribution is -0.159. The Balaban J connectivity index is 0.000000703. The maximum absolute atomic E-state index is 12.6. The Bertz CT molecular complexity index is 765. The van der Waals surface area contributed by atoms with Crippen molar-refractivity contribution < 1.29 is 29.4 Å². The SMILES string of the molecule is CNC(CC(C)C)C(=O)N1CCC(=NOCc2ccnc(Cl)c2)CC1.O=C(O)C(=O)O. The molecule has 2 rings (SSSR count). The summed E-state index contributed by atoms with van der Waals surface area (Å²) in [7, 11) is 1.85. The molecule has 0 aliphatic carbocycles. The van der Waals surface area contributed by atoms with Crippen molar-refractivity contribution in [2.45, 2.75) is 45.8 Å². The summed E-state index contributed by atoms with van der Waals surface area (Å²) in [4.78, 5) is 42.0. The van der Waals surface area contributed by atoms with Gasteiger partial charge in [0.2, 0.25) is 5.91 Å². The van der Waals surface area contributed by atoms with Gasteiger partial charge >= 0.3 is 11.9 Å². The van der Waals surface area contributed by atoms with Crippen LogP contribution < -0.4 is 5.32 Å². The van der Waals surface area contributed by atoms with Crippen LogP contribution in [0.15, 0.2) is 23.5 Å². The van der Waals surface area contributed by atoms with Gasteiger partial charge in [-0.15, -0.1) is 0 Å². The van der Waals surface area contributed by atoms with Crippen molar-refractivity contribution >= 4 is 35.2 Å². The highest BCUT2D eigenvalue weighted by molar-refractivity contribution is 6.29. The maximum Gasteiger partial charge on any atom is 0.414 e. The van der Waals surface area contributed by atoms with Crippen molar-refractivity contribution in [1.29, 1.82) is 0 Å². The van der Waals surface area contributed by atoms with E-state index in [2.05, 4.69) is 29.3 Å². The molecule has 1 aliphatic heterocycles. The monoisotopic (exact) mass is 456 g/mol. The third-order valence-electron chi connectivity index (χ3n) is 4.40. The molecule has 10 nitrogen and oxygen atoms in total. The standard InChI is InChI=1S/C18H27ClN4O2.C2H2O4/c1-13(2)10-16(20-3)18(24)23-8-5-15(6-9-23)22-25-12-14-4-7-21-17(19)11-14;3-1(4)2(5)6/h4,7,11,13,16,20H,5-6,8-10,12H2,1-3H3;(H,3,4)(H,5,6). The van der Waals surface area contributed by atoms with E-state index in [0.717, 1.165) is 30.5 Å². The molecule has 0 bridgehead atoms. The van der Waals surface area contributed by atoms with Gasteiger partial charge in [0.05, 0.1) is 11.8 Å². The lowest BCUT2D eigenvalue weighted by Crippen LogP contribution is -2.48. The van der Waals surface area contributed by atoms with Crippen LogP contribution >= 0.6 is 11.6 Å². The predicted molar refractivity (Wildman–Crippen MR) is 115 cm³/mol. The number of aromatic nitrogens is 1. The first-order valence-corrected chi connectivity index (χ1v) is 10.2. The van der Waals surface area contributed by atoms with E-state index in [1.54, 1.807) is 12.3 Å². The van der Waals surface area contributed by atoms with Gasteiger partial charge in [-0.05, 0) is 37.1 Å².